The molecule has 1 aromatic rings. The Labute approximate surface area is 126 Å². The summed E-state index contributed by atoms with van der Waals surface area (Å²) in [6, 6.07) is 7.00. The molecule has 1 aliphatic carbocycles. The van der Waals surface area contributed by atoms with Gasteiger partial charge in [0.1, 0.15) is 5.41 Å². The number of benzene rings is 1. The number of amides is 2. The number of Topliss-reactive ketones (excluding diaryl/α,β-unsaturated/α-hetero) is 1. The number of nitrogens with one attached hydrogen (secondary N) is 1. The zero-order valence-electron chi connectivity index (χ0n) is 12.0. The average Bonchev–Trinajstić information content (AvgIpc) is 2.86. The predicted octanol–water partition coefficient (Wildman–Crippen LogP) is 0.638. The molecule has 1 heterocycles. The standard InChI is InChI=1S/C16H15NO5/c1-22-15(21)16(11-8-12(18)17-14(11)20)7-6-9-4-2-3-5-10(9)13(16)19/h2-5,11H,6-8H2,1H3,(H,17,18,20). The molecule has 1 fully saturated rings. The SMILES string of the molecule is COC(=O)C1(C2CC(=O)NC2=O)CCc2ccccc2C1=O. The molecule has 22 heavy (non-hydrogen) atoms. The lowest BCUT2D eigenvalue weighted by Gasteiger charge is -2.36. The van der Waals surface area contributed by atoms with Crippen LogP contribution >= 0.6 is 0 Å². The molecular formula is C16H15NO5. The molecule has 1 saturated heterocycles. The number of ether oxygens (including phenoxy) is 1. The molecule has 2 amide bonds. The summed E-state index contributed by atoms with van der Waals surface area (Å²) < 4.78 is 4.82. The molecule has 6 heteroatoms. The molecule has 0 radical (unpaired) electrons. The Morgan fingerprint density at radius 2 is 2.00 bits per heavy atom. The van der Waals surface area contributed by atoms with Crippen molar-refractivity contribution in [3.05, 3.63) is 35.4 Å². The zero-order chi connectivity index (χ0) is 15.9. The molecule has 0 spiro atoms. The van der Waals surface area contributed by atoms with Crippen molar-refractivity contribution in [3.8, 4) is 0 Å². The Balaban J connectivity index is 2.13. The summed E-state index contributed by atoms with van der Waals surface area (Å²) in [5.41, 5.74) is -0.345. The zero-order valence-corrected chi connectivity index (χ0v) is 12.0. The van der Waals surface area contributed by atoms with Crippen molar-refractivity contribution in [1.82, 2.24) is 5.32 Å². The number of methoxy groups -OCH3 is 1. The largest absolute Gasteiger partial charge is 0.468 e. The van der Waals surface area contributed by atoms with Gasteiger partial charge in [0.05, 0.1) is 13.0 Å². The van der Waals surface area contributed by atoms with Crippen LogP contribution in [0.2, 0.25) is 0 Å². The fraction of sp³-hybridized carbons (Fsp3) is 0.375. The minimum Gasteiger partial charge on any atom is -0.468 e. The monoisotopic (exact) mass is 301 g/mol. The van der Waals surface area contributed by atoms with Crippen LogP contribution in [0.5, 0.6) is 0 Å². The maximum absolute atomic E-state index is 13.0. The summed E-state index contributed by atoms with van der Waals surface area (Å²) in [5, 5.41) is 2.17. The third-order valence-corrected chi connectivity index (χ3v) is 4.57. The molecule has 2 unspecified atom stereocenters. The summed E-state index contributed by atoms with van der Waals surface area (Å²) in [6.45, 7) is 0. The van der Waals surface area contributed by atoms with E-state index in [4.69, 9.17) is 4.74 Å². The lowest BCUT2D eigenvalue weighted by Crippen LogP contribution is -2.51. The molecule has 3 rings (SSSR count). The highest BCUT2D eigenvalue weighted by molar-refractivity contribution is 6.19. The van der Waals surface area contributed by atoms with E-state index in [-0.39, 0.29) is 12.8 Å². The highest BCUT2D eigenvalue weighted by Gasteiger charge is 2.59. The number of ketones is 1. The molecule has 1 N–H and O–H groups in total. The van der Waals surface area contributed by atoms with Gasteiger partial charge in [0, 0.05) is 12.0 Å². The topological polar surface area (TPSA) is 89.5 Å². The smallest absolute Gasteiger partial charge is 0.320 e. The van der Waals surface area contributed by atoms with Crippen LogP contribution < -0.4 is 5.32 Å². The lowest BCUT2D eigenvalue weighted by molar-refractivity contribution is -0.155. The number of rotatable bonds is 2. The van der Waals surface area contributed by atoms with E-state index >= 15 is 0 Å². The number of fused-ring (bicyclic) bond motifs is 1. The van der Waals surface area contributed by atoms with Crippen LogP contribution in [0.15, 0.2) is 24.3 Å². The van der Waals surface area contributed by atoms with Gasteiger partial charge in [-0.25, -0.2) is 0 Å². The van der Waals surface area contributed by atoms with Crippen LogP contribution in [0.1, 0.15) is 28.8 Å². The van der Waals surface area contributed by atoms with Gasteiger partial charge in [-0.2, -0.15) is 0 Å². The van der Waals surface area contributed by atoms with Crippen LogP contribution in [0.3, 0.4) is 0 Å². The lowest BCUT2D eigenvalue weighted by atomic mass is 9.62. The van der Waals surface area contributed by atoms with Crippen LogP contribution in [0, 0.1) is 11.3 Å². The van der Waals surface area contributed by atoms with Crippen molar-refractivity contribution < 1.29 is 23.9 Å². The van der Waals surface area contributed by atoms with E-state index in [2.05, 4.69) is 5.32 Å². The number of imide groups is 1. The van der Waals surface area contributed by atoms with Gasteiger partial charge in [0.15, 0.2) is 5.78 Å². The molecule has 114 valence electrons. The Bertz CT molecular complexity index is 696. The Morgan fingerprint density at radius 3 is 2.64 bits per heavy atom. The first-order valence-corrected chi connectivity index (χ1v) is 7.05. The van der Waals surface area contributed by atoms with Gasteiger partial charge in [0.25, 0.3) is 0 Å². The van der Waals surface area contributed by atoms with Crippen LogP contribution in [0.25, 0.3) is 0 Å². The summed E-state index contributed by atoms with van der Waals surface area (Å²) in [5.74, 6) is -3.24. The minimum atomic E-state index is -1.61. The summed E-state index contributed by atoms with van der Waals surface area (Å²) in [4.78, 5) is 49.0. The molecule has 0 aromatic heterocycles. The van der Waals surface area contributed by atoms with Gasteiger partial charge in [-0.3, -0.25) is 24.5 Å². The van der Waals surface area contributed by atoms with Crippen molar-refractivity contribution >= 4 is 23.6 Å². The Hall–Kier alpha value is -2.50. The van der Waals surface area contributed by atoms with Gasteiger partial charge in [0.2, 0.25) is 11.8 Å². The van der Waals surface area contributed by atoms with Crippen LogP contribution in [-0.2, 0) is 25.5 Å². The number of hydrogen-bond acceptors (Lipinski definition) is 5. The first-order valence-electron chi connectivity index (χ1n) is 7.05. The van der Waals surface area contributed by atoms with Crippen molar-refractivity contribution in [3.63, 3.8) is 0 Å². The Kier molecular flexibility index (Phi) is 3.31. The predicted molar refractivity (Wildman–Crippen MR) is 74.8 cm³/mol. The van der Waals surface area contributed by atoms with E-state index in [1.807, 2.05) is 12.1 Å². The van der Waals surface area contributed by atoms with Crippen LogP contribution in [0.4, 0.5) is 0 Å². The normalized spacial score (nSPS) is 27.3. The second-order valence-electron chi connectivity index (χ2n) is 5.62. The van der Waals surface area contributed by atoms with Crippen molar-refractivity contribution in [2.75, 3.05) is 7.11 Å². The summed E-state index contributed by atoms with van der Waals surface area (Å²) in [7, 11) is 1.19. The number of aryl methyl sites for hydroxylation is 1. The second-order valence-corrected chi connectivity index (χ2v) is 5.62. The van der Waals surface area contributed by atoms with Gasteiger partial charge in [-0.05, 0) is 18.4 Å². The van der Waals surface area contributed by atoms with Crippen molar-refractivity contribution in [2.45, 2.75) is 19.3 Å². The first kappa shape index (κ1) is 14.4. The van der Waals surface area contributed by atoms with E-state index in [9.17, 15) is 19.2 Å². The van der Waals surface area contributed by atoms with Gasteiger partial charge in [-0.15, -0.1) is 0 Å². The molecular weight excluding hydrogens is 286 g/mol. The number of carbonyl (C=O) groups is 4. The highest BCUT2D eigenvalue weighted by atomic mass is 16.5. The molecule has 1 aromatic carbocycles. The van der Waals surface area contributed by atoms with E-state index < -0.39 is 34.9 Å². The minimum absolute atomic E-state index is 0.165. The molecule has 6 nitrogen and oxygen atoms in total. The quantitative estimate of drug-likeness (QED) is 0.492. The number of carbonyl (C=O) groups excluding carboxylic acids is 4. The summed E-state index contributed by atoms with van der Waals surface area (Å²) in [6.07, 6.45) is 0.484. The van der Waals surface area contributed by atoms with E-state index in [1.54, 1.807) is 12.1 Å². The molecule has 1 aliphatic heterocycles. The molecule has 0 saturated carbocycles. The van der Waals surface area contributed by atoms with Gasteiger partial charge >= 0.3 is 5.97 Å². The highest BCUT2D eigenvalue weighted by Crippen LogP contribution is 2.45. The fourth-order valence-electron chi connectivity index (χ4n) is 3.45. The third-order valence-electron chi connectivity index (χ3n) is 4.57. The van der Waals surface area contributed by atoms with E-state index in [1.165, 1.54) is 7.11 Å². The van der Waals surface area contributed by atoms with Crippen molar-refractivity contribution in [1.29, 1.82) is 0 Å². The van der Waals surface area contributed by atoms with E-state index in [0.717, 1.165) is 5.56 Å². The van der Waals surface area contributed by atoms with E-state index in [0.29, 0.717) is 12.0 Å². The first-order chi connectivity index (χ1) is 10.5. The molecule has 2 atom stereocenters. The van der Waals surface area contributed by atoms with Crippen LogP contribution in [-0.4, -0.2) is 30.7 Å². The second kappa shape index (κ2) is 5.05. The maximum atomic E-state index is 13.0. The number of esters is 1. The fourth-order valence-corrected chi connectivity index (χ4v) is 3.45. The average molecular weight is 301 g/mol. The molecule has 0 bridgehead atoms. The molecule has 2 aliphatic rings. The van der Waals surface area contributed by atoms with Gasteiger partial charge < -0.3 is 4.74 Å². The van der Waals surface area contributed by atoms with Crippen molar-refractivity contribution in [2.24, 2.45) is 11.3 Å². The number of hydrogen-bond donors (Lipinski definition) is 1. The summed E-state index contributed by atoms with van der Waals surface area (Å²) >= 11 is 0. The Morgan fingerprint density at radius 1 is 1.27 bits per heavy atom. The van der Waals surface area contributed by atoms with Gasteiger partial charge in [-0.1, -0.05) is 24.3 Å². The maximum Gasteiger partial charge on any atom is 0.320 e. The third kappa shape index (κ3) is 1.87.